The van der Waals surface area contributed by atoms with Crippen LogP contribution in [0.15, 0.2) is 34.9 Å². The predicted octanol–water partition coefficient (Wildman–Crippen LogP) is 9.04. The zero-order valence-corrected chi connectivity index (χ0v) is 16.6. The van der Waals surface area contributed by atoms with E-state index in [1.807, 2.05) is 13.8 Å². The molecule has 0 nitrogen and oxygen atoms in total. The molecular formula is C23H46. The predicted molar refractivity (Wildman–Crippen MR) is 112 cm³/mol. The summed E-state index contributed by atoms with van der Waals surface area (Å²) in [4.78, 5) is 0. The Labute approximate surface area is 149 Å². The van der Waals surface area contributed by atoms with Gasteiger partial charge in [0.1, 0.15) is 0 Å². The maximum atomic E-state index is 2.47. The van der Waals surface area contributed by atoms with Crippen molar-refractivity contribution in [3.63, 3.8) is 0 Å². The van der Waals surface area contributed by atoms with E-state index >= 15 is 0 Å². The van der Waals surface area contributed by atoms with Crippen LogP contribution in [0.25, 0.3) is 0 Å². The molecule has 0 saturated heterocycles. The lowest BCUT2D eigenvalue weighted by molar-refractivity contribution is 0.675. The first-order chi connectivity index (χ1) is 10.6. The highest BCUT2D eigenvalue weighted by molar-refractivity contribution is 5.08. The van der Waals surface area contributed by atoms with Gasteiger partial charge < -0.3 is 0 Å². The highest BCUT2D eigenvalue weighted by Crippen LogP contribution is 2.21. The van der Waals surface area contributed by atoms with Crippen molar-refractivity contribution in [3.8, 4) is 0 Å². The SMILES string of the molecule is C.CC.CC(C)=CCC/C(C)=C/CCC1=CCCCC1.CCC. The normalized spacial score (nSPS) is 13.3. The van der Waals surface area contributed by atoms with Crippen molar-refractivity contribution in [2.75, 3.05) is 0 Å². The molecule has 0 heteroatoms. The number of allylic oxidation sites excluding steroid dienone is 6. The second kappa shape index (κ2) is 21.2. The van der Waals surface area contributed by atoms with Gasteiger partial charge in [-0.2, -0.15) is 0 Å². The smallest absolute Gasteiger partial charge is 0.0285 e. The topological polar surface area (TPSA) is 0 Å². The molecule has 0 atom stereocenters. The van der Waals surface area contributed by atoms with Crippen LogP contribution in [0.5, 0.6) is 0 Å². The van der Waals surface area contributed by atoms with Gasteiger partial charge in [0.25, 0.3) is 0 Å². The van der Waals surface area contributed by atoms with Crippen LogP contribution >= 0.6 is 0 Å². The molecule has 1 aliphatic rings. The fourth-order valence-electron chi connectivity index (χ4n) is 2.33. The monoisotopic (exact) mass is 322 g/mol. The zero-order valence-electron chi connectivity index (χ0n) is 16.6. The molecule has 0 amide bonds. The molecule has 0 fully saturated rings. The molecule has 0 radical (unpaired) electrons. The molecule has 0 spiro atoms. The van der Waals surface area contributed by atoms with E-state index in [4.69, 9.17) is 0 Å². The van der Waals surface area contributed by atoms with Gasteiger partial charge in [0.15, 0.2) is 0 Å². The Morgan fingerprint density at radius 1 is 1.00 bits per heavy atom. The Morgan fingerprint density at radius 3 is 2.09 bits per heavy atom. The zero-order chi connectivity index (χ0) is 17.2. The van der Waals surface area contributed by atoms with Crippen molar-refractivity contribution in [3.05, 3.63) is 34.9 Å². The Bertz CT molecular complexity index is 311. The molecule has 0 unspecified atom stereocenters. The van der Waals surface area contributed by atoms with Crippen molar-refractivity contribution in [1.29, 1.82) is 0 Å². The van der Waals surface area contributed by atoms with Crippen LogP contribution in [-0.2, 0) is 0 Å². The fourth-order valence-corrected chi connectivity index (χ4v) is 2.33. The van der Waals surface area contributed by atoms with Crippen LogP contribution in [0.2, 0.25) is 0 Å². The van der Waals surface area contributed by atoms with Gasteiger partial charge in [0, 0.05) is 0 Å². The van der Waals surface area contributed by atoms with E-state index < -0.39 is 0 Å². The minimum Gasteiger partial charge on any atom is -0.0856 e. The van der Waals surface area contributed by atoms with Crippen LogP contribution < -0.4 is 0 Å². The lowest BCUT2D eigenvalue weighted by atomic mass is 9.95. The van der Waals surface area contributed by atoms with Crippen LogP contribution in [-0.4, -0.2) is 0 Å². The first-order valence-corrected chi connectivity index (χ1v) is 9.57. The minimum atomic E-state index is 0. The number of hydrogen-bond donors (Lipinski definition) is 0. The van der Waals surface area contributed by atoms with E-state index in [1.54, 1.807) is 11.1 Å². The average Bonchev–Trinajstić information content (AvgIpc) is 2.51. The van der Waals surface area contributed by atoms with Gasteiger partial charge in [0.2, 0.25) is 0 Å². The van der Waals surface area contributed by atoms with Crippen molar-refractivity contribution in [2.24, 2.45) is 0 Å². The highest BCUT2D eigenvalue weighted by Gasteiger charge is 2.02. The molecule has 0 saturated carbocycles. The van der Waals surface area contributed by atoms with E-state index in [1.165, 1.54) is 63.4 Å². The third-order valence-electron chi connectivity index (χ3n) is 3.43. The van der Waals surface area contributed by atoms with Crippen molar-refractivity contribution < 1.29 is 0 Å². The maximum absolute atomic E-state index is 2.47. The molecule has 0 bridgehead atoms. The molecule has 0 aromatic rings. The van der Waals surface area contributed by atoms with Gasteiger partial charge in [-0.05, 0) is 72.1 Å². The summed E-state index contributed by atoms with van der Waals surface area (Å²) in [6, 6.07) is 0. The van der Waals surface area contributed by atoms with Gasteiger partial charge in [0.05, 0.1) is 0 Å². The van der Waals surface area contributed by atoms with E-state index in [-0.39, 0.29) is 7.43 Å². The Hall–Kier alpha value is -0.780. The van der Waals surface area contributed by atoms with Crippen molar-refractivity contribution >= 4 is 0 Å². The third-order valence-corrected chi connectivity index (χ3v) is 3.43. The fraction of sp³-hybridized carbons (Fsp3) is 0.739. The third kappa shape index (κ3) is 21.2. The van der Waals surface area contributed by atoms with Gasteiger partial charge in [-0.3, -0.25) is 0 Å². The van der Waals surface area contributed by atoms with Crippen LogP contribution in [0, 0.1) is 0 Å². The molecule has 0 aromatic carbocycles. The quantitative estimate of drug-likeness (QED) is 0.428. The number of rotatable bonds is 6. The highest BCUT2D eigenvalue weighted by atomic mass is 14.1. The molecule has 23 heavy (non-hydrogen) atoms. The molecule has 138 valence electrons. The Kier molecular flexibility index (Phi) is 25.0. The van der Waals surface area contributed by atoms with Gasteiger partial charge in [-0.1, -0.05) is 76.5 Å². The first kappa shape index (κ1) is 27.1. The summed E-state index contributed by atoms with van der Waals surface area (Å²) in [5.74, 6) is 0. The van der Waals surface area contributed by atoms with E-state index in [9.17, 15) is 0 Å². The lowest BCUT2D eigenvalue weighted by Gasteiger charge is -2.11. The molecule has 1 rings (SSSR count). The van der Waals surface area contributed by atoms with Crippen LogP contribution in [0.3, 0.4) is 0 Å². The minimum absolute atomic E-state index is 0. The molecule has 0 aromatic heterocycles. The summed E-state index contributed by atoms with van der Waals surface area (Å²) in [7, 11) is 0. The largest absolute Gasteiger partial charge is 0.0856 e. The van der Waals surface area contributed by atoms with Gasteiger partial charge >= 0.3 is 0 Å². The summed E-state index contributed by atoms with van der Waals surface area (Å²) in [5, 5.41) is 0. The van der Waals surface area contributed by atoms with Gasteiger partial charge in [-0.25, -0.2) is 0 Å². The average molecular weight is 323 g/mol. The Morgan fingerprint density at radius 2 is 1.61 bits per heavy atom. The van der Waals surface area contributed by atoms with E-state index in [0.29, 0.717) is 0 Å². The number of hydrogen-bond acceptors (Lipinski definition) is 0. The van der Waals surface area contributed by atoms with Gasteiger partial charge in [-0.15, -0.1) is 0 Å². The molecule has 1 aliphatic carbocycles. The molecule has 0 heterocycles. The second-order valence-electron chi connectivity index (χ2n) is 6.22. The van der Waals surface area contributed by atoms with Crippen LogP contribution in [0.1, 0.15) is 114 Å². The molecule has 0 aliphatic heterocycles. The lowest BCUT2D eigenvalue weighted by Crippen LogP contribution is -1.91. The maximum Gasteiger partial charge on any atom is -0.0285 e. The first-order valence-electron chi connectivity index (χ1n) is 9.57. The summed E-state index contributed by atoms with van der Waals surface area (Å²) in [5.41, 5.74) is 4.69. The van der Waals surface area contributed by atoms with Crippen molar-refractivity contribution in [1.82, 2.24) is 0 Å². The molecule has 0 N–H and O–H groups in total. The van der Waals surface area contributed by atoms with E-state index in [2.05, 4.69) is 52.8 Å². The van der Waals surface area contributed by atoms with Crippen LogP contribution in [0.4, 0.5) is 0 Å². The van der Waals surface area contributed by atoms with E-state index in [0.717, 1.165) is 0 Å². The van der Waals surface area contributed by atoms with Crippen molar-refractivity contribution in [2.45, 2.75) is 114 Å². The summed E-state index contributed by atoms with van der Waals surface area (Å²) < 4.78 is 0. The summed E-state index contributed by atoms with van der Waals surface area (Å²) >= 11 is 0. The standard InChI is InChI=1S/C17H28.C3H8.C2H6.CH4/c1-15(2)9-7-10-16(3)11-8-14-17-12-5-4-6-13-17;1-3-2;1-2;/h9,11-12H,4-8,10,13-14H2,1-3H3;3H2,1-2H3;1-2H3;1H4/b16-11+;;;. The summed E-state index contributed by atoms with van der Waals surface area (Å²) in [6.07, 6.45) is 18.9. The summed E-state index contributed by atoms with van der Waals surface area (Å²) in [6.45, 7) is 14.9. The second-order valence-corrected chi connectivity index (χ2v) is 6.22. The Balaban J connectivity index is -0.000000596. The molecular weight excluding hydrogens is 276 g/mol.